The van der Waals surface area contributed by atoms with Gasteiger partial charge in [0.25, 0.3) is 0 Å². The normalized spacial score (nSPS) is 10.8. The first-order valence-electron chi connectivity index (χ1n) is 6.59. The molecule has 0 spiro atoms. The molecule has 3 rings (SSSR count). The second-order valence-corrected chi connectivity index (χ2v) is 4.88. The maximum absolute atomic E-state index is 11.0. The summed E-state index contributed by atoms with van der Waals surface area (Å²) in [6, 6.07) is 15.6. The molecule has 3 nitrogen and oxygen atoms in total. The average Bonchev–Trinajstić information content (AvgIpc) is 2.88. The highest BCUT2D eigenvalue weighted by Gasteiger charge is 2.05. The van der Waals surface area contributed by atoms with E-state index < -0.39 is 5.97 Å². The van der Waals surface area contributed by atoms with Crippen molar-refractivity contribution in [1.29, 1.82) is 0 Å². The number of nitrogens with zero attached hydrogens (tertiary/aromatic N) is 1. The highest BCUT2D eigenvalue weighted by Crippen LogP contribution is 2.18. The van der Waals surface area contributed by atoms with E-state index in [1.165, 1.54) is 5.56 Å². The number of carboxylic acids is 1. The summed E-state index contributed by atoms with van der Waals surface area (Å²) in [5.41, 5.74) is 1.63. The maximum Gasteiger partial charge on any atom is 0.335 e. The van der Waals surface area contributed by atoms with Gasteiger partial charge in [-0.15, -0.1) is 0 Å². The predicted molar refractivity (Wildman–Crippen MR) is 79.0 cm³/mol. The SMILES string of the molecule is O=C(O)c1ccc2cn(CCc3ccccc3)cc2c1. The summed E-state index contributed by atoms with van der Waals surface area (Å²) in [6.07, 6.45) is 5.03. The van der Waals surface area contributed by atoms with Crippen LogP contribution in [0.2, 0.25) is 0 Å². The summed E-state index contributed by atoms with van der Waals surface area (Å²) < 4.78 is 2.11. The number of carboxylic acid groups (broad SMARTS) is 1. The van der Waals surface area contributed by atoms with Crippen molar-refractivity contribution in [3.05, 3.63) is 72.1 Å². The third-order valence-electron chi connectivity index (χ3n) is 3.45. The summed E-state index contributed by atoms with van der Waals surface area (Å²) >= 11 is 0. The van der Waals surface area contributed by atoms with Crippen molar-refractivity contribution in [2.24, 2.45) is 0 Å². The second-order valence-electron chi connectivity index (χ2n) is 4.88. The standard InChI is InChI=1S/C17H15NO2/c19-17(20)14-6-7-15-11-18(12-16(15)10-14)9-8-13-4-2-1-3-5-13/h1-7,10-12H,8-9H2,(H,19,20). The lowest BCUT2D eigenvalue weighted by molar-refractivity contribution is 0.0697. The molecular weight excluding hydrogens is 250 g/mol. The number of rotatable bonds is 4. The Morgan fingerprint density at radius 2 is 1.75 bits per heavy atom. The van der Waals surface area contributed by atoms with Gasteiger partial charge < -0.3 is 9.67 Å². The molecule has 100 valence electrons. The Morgan fingerprint density at radius 1 is 1.00 bits per heavy atom. The molecule has 0 aliphatic heterocycles. The van der Waals surface area contributed by atoms with E-state index in [9.17, 15) is 4.79 Å². The van der Waals surface area contributed by atoms with Gasteiger partial charge in [-0.2, -0.15) is 0 Å². The molecule has 0 atom stereocenters. The van der Waals surface area contributed by atoms with E-state index in [4.69, 9.17) is 5.11 Å². The lowest BCUT2D eigenvalue weighted by atomic mass is 10.1. The highest BCUT2D eigenvalue weighted by atomic mass is 16.4. The lowest BCUT2D eigenvalue weighted by Gasteiger charge is -2.02. The minimum absolute atomic E-state index is 0.332. The Balaban J connectivity index is 1.80. The first kappa shape index (κ1) is 12.5. The third-order valence-corrected chi connectivity index (χ3v) is 3.45. The van der Waals surface area contributed by atoms with Gasteiger partial charge in [0.15, 0.2) is 0 Å². The molecule has 3 aromatic rings. The molecule has 0 radical (unpaired) electrons. The smallest absolute Gasteiger partial charge is 0.335 e. The molecular formula is C17H15NO2. The molecule has 3 heteroatoms. The monoisotopic (exact) mass is 265 g/mol. The van der Waals surface area contributed by atoms with Gasteiger partial charge in [0.2, 0.25) is 0 Å². The van der Waals surface area contributed by atoms with Crippen LogP contribution < -0.4 is 0 Å². The fourth-order valence-corrected chi connectivity index (χ4v) is 2.36. The minimum Gasteiger partial charge on any atom is -0.478 e. The summed E-state index contributed by atoms with van der Waals surface area (Å²) in [5, 5.41) is 11.0. The van der Waals surface area contributed by atoms with Crippen LogP contribution >= 0.6 is 0 Å². The van der Waals surface area contributed by atoms with Gasteiger partial charge in [-0.3, -0.25) is 0 Å². The Kier molecular flexibility index (Phi) is 3.25. The number of aromatic carboxylic acids is 1. The van der Waals surface area contributed by atoms with Crippen LogP contribution in [0, 0.1) is 0 Å². The predicted octanol–water partition coefficient (Wildman–Crippen LogP) is 3.58. The van der Waals surface area contributed by atoms with Gasteiger partial charge >= 0.3 is 5.97 Å². The number of fused-ring (bicyclic) bond motifs is 1. The summed E-state index contributed by atoms with van der Waals surface area (Å²) in [6.45, 7) is 0.890. The van der Waals surface area contributed by atoms with Crippen molar-refractivity contribution in [3.8, 4) is 0 Å². The molecule has 0 fully saturated rings. The number of hydrogen-bond acceptors (Lipinski definition) is 1. The Hall–Kier alpha value is -2.55. The molecule has 0 aliphatic carbocycles. The zero-order valence-electron chi connectivity index (χ0n) is 11.0. The first-order valence-corrected chi connectivity index (χ1v) is 6.59. The molecule has 1 aromatic heterocycles. The van der Waals surface area contributed by atoms with E-state index in [1.54, 1.807) is 12.1 Å². The Morgan fingerprint density at radius 3 is 2.50 bits per heavy atom. The molecule has 20 heavy (non-hydrogen) atoms. The van der Waals surface area contributed by atoms with E-state index in [-0.39, 0.29) is 0 Å². The van der Waals surface area contributed by atoms with Crippen molar-refractivity contribution in [2.75, 3.05) is 0 Å². The minimum atomic E-state index is -0.885. The quantitative estimate of drug-likeness (QED) is 0.783. The van der Waals surface area contributed by atoms with Gasteiger partial charge in [-0.1, -0.05) is 36.4 Å². The summed E-state index contributed by atoms with van der Waals surface area (Å²) in [5.74, 6) is -0.885. The first-order chi connectivity index (χ1) is 9.72. The molecule has 0 unspecified atom stereocenters. The van der Waals surface area contributed by atoms with Crippen molar-refractivity contribution in [1.82, 2.24) is 4.57 Å². The number of aromatic nitrogens is 1. The van der Waals surface area contributed by atoms with Crippen LogP contribution in [0.15, 0.2) is 60.9 Å². The van der Waals surface area contributed by atoms with E-state index in [0.717, 1.165) is 23.7 Å². The zero-order valence-corrected chi connectivity index (χ0v) is 11.0. The Labute approximate surface area is 117 Å². The molecule has 0 saturated heterocycles. The lowest BCUT2D eigenvalue weighted by Crippen LogP contribution is -1.97. The van der Waals surface area contributed by atoms with E-state index in [1.807, 2.05) is 30.5 Å². The topological polar surface area (TPSA) is 42.2 Å². The van der Waals surface area contributed by atoms with Crippen LogP contribution in [0.4, 0.5) is 0 Å². The number of aryl methyl sites for hydroxylation is 2. The molecule has 0 amide bonds. The molecule has 1 N–H and O–H groups in total. The Bertz CT molecular complexity index is 744. The fourth-order valence-electron chi connectivity index (χ4n) is 2.36. The van der Waals surface area contributed by atoms with Crippen molar-refractivity contribution >= 4 is 16.7 Å². The van der Waals surface area contributed by atoms with Crippen LogP contribution in [-0.4, -0.2) is 15.6 Å². The average molecular weight is 265 g/mol. The summed E-state index contributed by atoms with van der Waals surface area (Å²) in [7, 11) is 0. The van der Waals surface area contributed by atoms with E-state index >= 15 is 0 Å². The molecule has 0 bridgehead atoms. The maximum atomic E-state index is 11.0. The zero-order chi connectivity index (χ0) is 13.9. The van der Waals surface area contributed by atoms with Gasteiger partial charge in [-0.05, 0) is 29.5 Å². The third kappa shape index (κ3) is 2.57. The number of hydrogen-bond donors (Lipinski definition) is 1. The van der Waals surface area contributed by atoms with Gasteiger partial charge in [0, 0.05) is 24.3 Å². The van der Waals surface area contributed by atoms with Gasteiger partial charge in [0.05, 0.1) is 5.56 Å². The number of benzene rings is 2. The van der Waals surface area contributed by atoms with Crippen LogP contribution in [0.3, 0.4) is 0 Å². The van der Waals surface area contributed by atoms with E-state index in [2.05, 4.69) is 22.9 Å². The molecule has 1 heterocycles. The second kappa shape index (κ2) is 5.21. The summed E-state index contributed by atoms with van der Waals surface area (Å²) in [4.78, 5) is 11.0. The number of carbonyl (C=O) groups is 1. The van der Waals surface area contributed by atoms with Crippen molar-refractivity contribution in [3.63, 3.8) is 0 Å². The fraction of sp³-hybridized carbons (Fsp3) is 0.118. The molecule has 0 saturated carbocycles. The van der Waals surface area contributed by atoms with Gasteiger partial charge in [0.1, 0.15) is 0 Å². The largest absolute Gasteiger partial charge is 0.478 e. The van der Waals surface area contributed by atoms with Crippen LogP contribution in [-0.2, 0) is 13.0 Å². The van der Waals surface area contributed by atoms with Crippen molar-refractivity contribution < 1.29 is 9.90 Å². The van der Waals surface area contributed by atoms with Crippen LogP contribution in [0.5, 0.6) is 0 Å². The van der Waals surface area contributed by atoms with Crippen LogP contribution in [0.25, 0.3) is 10.8 Å². The van der Waals surface area contributed by atoms with Crippen molar-refractivity contribution in [2.45, 2.75) is 13.0 Å². The molecule has 2 aromatic carbocycles. The highest BCUT2D eigenvalue weighted by molar-refractivity contribution is 5.94. The van der Waals surface area contributed by atoms with Gasteiger partial charge in [-0.25, -0.2) is 4.79 Å². The van der Waals surface area contributed by atoms with E-state index in [0.29, 0.717) is 5.56 Å². The van der Waals surface area contributed by atoms with Crippen LogP contribution in [0.1, 0.15) is 15.9 Å². The molecule has 0 aliphatic rings.